The van der Waals surface area contributed by atoms with Crippen LogP contribution >= 0.6 is 22.7 Å². The third-order valence-electron chi connectivity index (χ3n) is 3.18. The van der Waals surface area contributed by atoms with Gasteiger partial charge in [0.25, 0.3) is 0 Å². The molecule has 0 aliphatic carbocycles. The van der Waals surface area contributed by atoms with Crippen LogP contribution in [-0.4, -0.2) is 14.2 Å². The molecule has 0 radical (unpaired) electrons. The van der Waals surface area contributed by atoms with Gasteiger partial charge in [-0.3, -0.25) is 0 Å². The van der Waals surface area contributed by atoms with Gasteiger partial charge in [-0.2, -0.15) is 0 Å². The van der Waals surface area contributed by atoms with Crippen molar-refractivity contribution in [3.05, 3.63) is 52.2 Å². The van der Waals surface area contributed by atoms with E-state index in [0.29, 0.717) is 0 Å². The van der Waals surface area contributed by atoms with Crippen LogP contribution < -0.4 is 10.1 Å². The van der Waals surface area contributed by atoms with Crippen molar-refractivity contribution in [1.29, 1.82) is 0 Å². The minimum absolute atomic E-state index is 0.181. The molecular formula is C15H15NOS2. The maximum atomic E-state index is 5.47. The fourth-order valence-electron chi connectivity index (χ4n) is 2.28. The molecule has 19 heavy (non-hydrogen) atoms. The lowest BCUT2D eigenvalue weighted by Gasteiger charge is -2.17. The molecule has 0 aliphatic heterocycles. The molecule has 0 aliphatic rings. The van der Waals surface area contributed by atoms with Crippen LogP contribution in [0, 0.1) is 0 Å². The molecule has 4 heteroatoms. The highest BCUT2D eigenvalue weighted by Gasteiger charge is 2.18. The number of hydrogen-bond donors (Lipinski definition) is 1. The van der Waals surface area contributed by atoms with Gasteiger partial charge in [-0.1, -0.05) is 18.2 Å². The molecule has 0 fully saturated rings. The van der Waals surface area contributed by atoms with Gasteiger partial charge in [0.05, 0.1) is 13.2 Å². The van der Waals surface area contributed by atoms with Crippen LogP contribution in [0.25, 0.3) is 9.40 Å². The molecule has 98 valence electrons. The van der Waals surface area contributed by atoms with Gasteiger partial charge in [0, 0.05) is 19.8 Å². The fraction of sp³-hybridized carbons (Fsp3) is 0.200. The average molecular weight is 289 g/mol. The van der Waals surface area contributed by atoms with Crippen molar-refractivity contribution in [2.24, 2.45) is 0 Å². The number of methoxy groups -OCH3 is 1. The largest absolute Gasteiger partial charge is 0.496 e. The number of benzene rings is 1. The van der Waals surface area contributed by atoms with Gasteiger partial charge in [0.1, 0.15) is 5.75 Å². The van der Waals surface area contributed by atoms with Crippen molar-refractivity contribution >= 4 is 32.1 Å². The number of ether oxygens (including phenoxy) is 1. The average Bonchev–Trinajstić information content (AvgIpc) is 3.01. The Bertz CT molecular complexity index is 658. The number of hydrogen-bond acceptors (Lipinski definition) is 4. The highest BCUT2D eigenvalue weighted by Crippen LogP contribution is 2.38. The Morgan fingerprint density at radius 1 is 1.16 bits per heavy atom. The van der Waals surface area contributed by atoms with E-state index in [-0.39, 0.29) is 6.04 Å². The van der Waals surface area contributed by atoms with Crippen molar-refractivity contribution in [2.75, 3.05) is 14.2 Å². The number of fused-ring (bicyclic) bond motifs is 1. The predicted molar refractivity (Wildman–Crippen MR) is 83.6 cm³/mol. The third-order valence-corrected chi connectivity index (χ3v) is 5.34. The van der Waals surface area contributed by atoms with Crippen LogP contribution in [0.2, 0.25) is 0 Å². The normalized spacial score (nSPS) is 12.7. The van der Waals surface area contributed by atoms with Crippen molar-refractivity contribution in [3.63, 3.8) is 0 Å². The van der Waals surface area contributed by atoms with E-state index >= 15 is 0 Å². The van der Waals surface area contributed by atoms with E-state index < -0.39 is 0 Å². The molecule has 2 heterocycles. The second kappa shape index (κ2) is 5.33. The molecule has 0 bridgehead atoms. The zero-order chi connectivity index (χ0) is 13.2. The van der Waals surface area contributed by atoms with Crippen LogP contribution in [0.3, 0.4) is 0 Å². The summed E-state index contributed by atoms with van der Waals surface area (Å²) in [5.74, 6) is 0.929. The number of para-hydroxylation sites is 1. The molecule has 0 saturated carbocycles. The molecule has 1 unspecified atom stereocenters. The summed E-state index contributed by atoms with van der Waals surface area (Å²) in [6.45, 7) is 0. The number of thiophene rings is 2. The zero-order valence-electron chi connectivity index (χ0n) is 10.8. The molecule has 0 amide bonds. The lowest BCUT2D eigenvalue weighted by molar-refractivity contribution is 0.405. The highest BCUT2D eigenvalue weighted by atomic mass is 32.1. The fourth-order valence-corrected chi connectivity index (χ4v) is 4.53. The van der Waals surface area contributed by atoms with E-state index in [9.17, 15) is 0 Å². The van der Waals surface area contributed by atoms with Crippen molar-refractivity contribution in [1.82, 2.24) is 5.32 Å². The van der Waals surface area contributed by atoms with Crippen LogP contribution in [0.4, 0.5) is 0 Å². The Hall–Kier alpha value is -1.36. The first-order valence-corrected chi connectivity index (χ1v) is 7.80. The summed E-state index contributed by atoms with van der Waals surface area (Å²) in [5.41, 5.74) is 1.18. The first-order valence-electron chi connectivity index (χ1n) is 6.10. The Kier molecular flexibility index (Phi) is 3.55. The Balaban J connectivity index is 2.06. The maximum Gasteiger partial charge on any atom is 0.124 e. The van der Waals surface area contributed by atoms with E-state index in [1.165, 1.54) is 19.8 Å². The number of nitrogens with one attached hydrogen (secondary N) is 1. The Morgan fingerprint density at radius 3 is 2.74 bits per heavy atom. The Morgan fingerprint density at radius 2 is 2.00 bits per heavy atom. The summed E-state index contributed by atoms with van der Waals surface area (Å²) in [4.78, 5) is 1.33. The van der Waals surface area contributed by atoms with Gasteiger partial charge in [0.15, 0.2) is 0 Å². The first-order chi connectivity index (χ1) is 9.33. The van der Waals surface area contributed by atoms with E-state index in [1.54, 1.807) is 18.4 Å². The predicted octanol–water partition coefficient (Wildman–Crippen LogP) is 4.28. The summed E-state index contributed by atoms with van der Waals surface area (Å²) in [7, 11) is 3.71. The topological polar surface area (TPSA) is 21.3 Å². The standard InChI is InChI=1S/C15H15NOS2/c1-16-15(10-5-3-4-6-11(10)17-2)14-9-13-12(19-14)7-8-18-13/h3-9,15-16H,1-2H3. The maximum absolute atomic E-state index is 5.47. The third kappa shape index (κ3) is 2.27. The van der Waals surface area contributed by atoms with Crippen LogP contribution in [0.1, 0.15) is 16.5 Å². The molecule has 0 spiro atoms. The molecule has 0 saturated heterocycles. The summed E-state index contributed by atoms with van der Waals surface area (Å²) >= 11 is 3.64. The van der Waals surface area contributed by atoms with Gasteiger partial charge in [-0.15, -0.1) is 22.7 Å². The van der Waals surface area contributed by atoms with E-state index in [4.69, 9.17) is 4.74 Å². The van der Waals surface area contributed by atoms with Gasteiger partial charge >= 0.3 is 0 Å². The van der Waals surface area contributed by atoms with Gasteiger partial charge in [-0.25, -0.2) is 0 Å². The van der Waals surface area contributed by atoms with Gasteiger partial charge in [-0.05, 0) is 30.6 Å². The summed E-state index contributed by atoms with van der Waals surface area (Å²) in [6, 6.07) is 12.8. The second-order valence-corrected chi connectivity index (χ2v) is 6.32. The molecule has 1 aromatic carbocycles. The van der Waals surface area contributed by atoms with Gasteiger partial charge < -0.3 is 10.1 Å². The smallest absolute Gasteiger partial charge is 0.124 e. The molecule has 3 aromatic rings. The minimum Gasteiger partial charge on any atom is -0.496 e. The molecule has 2 nitrogen and oxygen atoms in total. The zero-order valence-corrected chi connectivity index (χ0v) is 12.5. The van der Waals surface area contributed by atoms with Gasteiger partial charge in [0.2, 0.25) is 0 Å². The SMILES string of the molecule is CNC(c1cc2sccc2s1)c1ccccc1OC. The lowest BCUT2D eigenvalue weighted by Crippen LogP contribution is -2.17. The van der Waals surface area contributed by atoms with Crippen LogP contribution in [0.5, 0.6) is 5.75 Å². The molecule has 2 aromatic heterocycles. The monoisotopic (exact) mass is 289 g/mol. The second-order valence-electron chi connectivity index (χ2n) is 4.26. The molecule has 1 N–H and O–H groups in total. The molecule has 1 atom stereocenters. The van der Waals surface area contributed by atoms with Crippen LogP contribution in [-0.2, 0) is 0 Å². The number of rotatable bonds is 4. The van der Waals surface area contributed by atoms with Crippen molar-refractivity contribution in [3.8, 4) is 5.75 Å². The summed E-state index contributed by atoms with van der Waals surface area (Å²) < 4.78 is 8.19. The summed E-state index contributed by atoms with van der Waals surface area (Å²) in [6.07, 6.45) is 0. The van der Waals surface area contributed by atoms with E-state index in [0.717, 1.165) is 5.75 Å². The minimum atomic E-state index is 0.181. The van der Waals surface area contributed by atoms with E-state index in [2.05, 4.69) is 35.0 Å². The van der Waals surface area contributed by atoms with Crippen LogP contribution in [0.15, 0.2) is 41.8 Å². The molecule has 3 rings (SSSR count). The lowest BCUT2D eigenvalue weighted by atomic mass is 10.0. The van der Waals surface area contributed by atoms with Crippen molar-refractivity contribution in [2.45, 2.75) is 6.04 Å². The molecular weight excluding hydrogens is 274 g/mol. The van der Waals surface area contributed by atoms with E-state index in [1.807, 2.05) is 30.5 Å². The summed E-state index contributed by atoms with van der Waals surface area (Å²) in [5, 5.41) is 5.54. The highest BCUT2D eigenvalue weighted by molar-refractivity contribution is 7.27. The first kappa shape index (κ1) is 12.7. The Labute approximate surface area is 120 Å². The quantitative estimate of drug-likeness (QED) is 0.774. The van der Waals surface area contributed by atoms with Crippen molar-refractivity contribution < 1.29 is 4.74 Å².